The smallest absolute Gasteiger partial charge is 0.338 e. The molecular formula is C38H31NO7. The molecule has 0 bridgehead atoms. The molecule has 0 spiro atoms. The molecule has 0 fully saturated rings. The number of ether oxygens (including phenoxy) is 4. The lowest BCUT2D eigenvalue weighted by atomic mass is 9.86. The van der Waals surface area contributed by atoms with E-state index in [0.717, 1.165) is 10.8 Å². The Hall–Kier alpha value is -5.63. The van der Waals surface area contributed by atoms with Crippen molar-refractivity contribution >= 4 is 44.5 Å². The summed E-state index contributed by atoms with van der Waals surface area (Å²) in [5, 5.41) is 2.69. The Kier molecular flexibility index (Phi) is 7.00. The fraction of sp³-hybridized carbons (Fsp3) is 0.184. The number of aromatic nitrogens is 1. The molecule has 6 aromatic rings. The molecule has 230 valence electrons. The van der Waals surface area contributed by atoms with E-state index in [1.165, 1.54) is 7.11 Å². The first-order valence-electron chi connectivity index (χ1n) is 14.9. The van der Waals surface area contributed by atoms with Gasteiger partial charge in [-0.3, -0.25) is 4.79 Å². The summed E-state index contributed by atoms with van der Waals surface area (Å²) in [6, 6.07) is 30.5. The third-order valence-electron chi connectivity index (χ3n) is 8.62. The van der Waals surface area contributed by atoms with E-state index in [0.29, 0.717) is 50.0 Å². The quantitative estimate of drug-likeness (QED) is 0.151. The minimum Gasteiger partial charge on any atom is -0.496 e. The fourth-order valence-electron chi connectivity index (χ4n) is 6.37. The van der Waals surface area contributed by atoms with Crippen LogP contribution in [0.2, 0.25) is 0 Å². The van der Waals surface area contributed by atoms with Crippen LogP contribution in [0.15, 0.2) is 108 Å². The second kappa shape index (κ2) is 11.1. The number of carbonyl (C=O) groups excluding carboxylic acids is 2. The van der Waals surface area contributed by atoms with Gasteiger partial charge in [0, 0.05) is 18.5 Å². The molecule has 5 aromatic carbocycles. The van der Waals surface area contributed by atoms with E-state index >= 15 is 0 Å². The van der Waals surface area contributed by atoms with Gasteiger partial charge < -0.3 is 23.5 Å². The number of rotatable bonds is 5. The first-order chi connectivity index (χ1) is 22.2. The average molecular weight is 614 g/mol. The van der Waals surface area contributed by atoms with Crippen molar-refractivity contribution in [1.82, 2.24) is 4.57 Å². The maximum Gasteiger partial charge on any atom is 0.338 e. The van der Waals surface area contributed by atoms with Crippen LogP contribution >= 0.6 is 0 Å². The zero-order valence-electron chi connectivity index (χ0n) is 25.8. The molecule has 0 saturated carbocycles. The van der Waals surface area contributed by atoms with Gasteiger partial charge in [-0.15, -0.1) is 0 Å². The molecule has 0 aliphatic carbocycles. The molecule has 0 amide bonds. The maximum atomic E-state index is 14.3. The van der Waals surface area contributed by atoms with Gasteiger partial charge in [0.05, 0.1) is 40.2 Å². The Bertz CT molecular complexity index is 2220. The summed E-state index contributed by atoms with van der Waals surface area (Å²) in [5.41, 5.74) is 0.770. The Labute approximate surface area is 264 Å². The van der Waals surface area contributed by atoms with Crippen LogP contribution in [0.4, 0.5) is 0 Å². The van der Waals surface area contributed by atoms with Crippen LogP contribution < -0.4 is 14.9 Å². The van der Waals surface area contributed by atoms with E-state index in [2.05, 4.69) is 0 Å². The van der Waals surface area contributed by atoms with Crippen molar-refractivity contribution in [2.75, 3.05) is 7.11 Å². The SMILES string of the molecule is COc1cc2c(c3c1c(=O)c1cc4ccccc4cc1n3C)[C@@H](OC(=O)c1ccccc1)[C@@H](OC(=O)c1ccccc1)C(C)(C)O2. The Balaban J connectivity index is 1.52. The predicted octanol–water partition coefficient (Wildman–Crippen LogP) is 7.15. The highest BCUT2D eigenvalue weighted by Crippen LogP contribution is 2.49. The zero-order valence-corrected chi connectivity index (χ0v) is 25.8. The number of nitrogens with zero attached hydrogens (tertiary/aromatic N) is 1. The van der Waals surface area contributed by atoms with Gasteiger partial charge in [-0.05, 0) is 61.0 Å². The lowest BCUT2D eigenvalue weighted by Gasteiger charge is -2.43. The maximum absolute atomic E-state index is 14.3. The summed E-state index contributed by atoms with van der Waals surface area (Å²) < 4.78 is 26.7. The highest BCUT2D eigenvalue weighted by Gasteiger charge is 2.50. The van der Waals surface area contributed by atoms with Crippen molar-refractivity contribution < 1.29 is 28.5 Å². The van der Waals surface area contributed by atoms with Crippen molar-refractivity contribution in [3.05, 3.63) is 130 Å². The summed E-state index contributed by atoms with van der Waals surface area (Å²) in [4.78, 5) is 41.6. The Morgan fingerprint density at radius 3 is 1.96 bits per heavy atom. The minimum atomic E-state index is -1.16. The molecule has 0 radical (unpaired) electrons. The van der Waals surface area contributed by atoms with Gasteiger partial charge in [0.25, 0.3) is 0 Å². The van der Waals surface area contributed by atoms with Crippen LogP contribution in [-0.4, -0.2) is 35.3 Å². The van der Waals surface area contributed by atoms with Gasteiger partial charge in [0.1, 0.15) is 17.1 Å². The van der Waals surface area contributed by atoms with Gasteiger partial charge in [0.15, 0.2) is 12.2 Å². The highest BCUT2D eigenvalue weighted by atomic mass is 16.6. The molecule has 46 heavy (non-hydrogen) atoms. The predicted molar refractivity (Wildman–Crippen MR) is 176 cm³/mol. The van der Waals surface area contributed by atoms with Gasteiger partial charge in [-0.25, -0.2) is 9.59 Å². The van der Waals surface area contributed by atoms with E-state index in [4.69, 9.17) is 18.9 Å². The van der Waals surface area contributed by atoms with Gasteiger partial charge >= 0.3 is 11.9 Å². The molecule has 1 aromatic heterocycles. The lowest BCUT2D eigenvalue weighted by Crippen LogP contribution is -2.52. The number of esters is 2. The standard InChI is InChI=1S/C38H31NO7/c1-38(2)35(45-37(42)23-15-9-6-10-16-23)34(44-36(41)22-13-7-5-8-14-22)31-29(46-38)21-28(43-4)30-32(31)39(3)27-20-25-18-12-11-17-24(25)19-26(27)33(30)40/h5-21,34-35H,1-4H3/t34-,35-/m1/s1. The first kappa shape index (κ1) is 29.1. The lowest BCUT2D eigenvalue weighted by molar-refractivity contribution is -0.122. The molecule has 0 unspecified atom stereocenters. The monoisotopic (exact) mass is 613 g/mol. The summed E-state index contributed by atoms with van der Waals surface area (Å²) in [6.07, 6.45) is -2.25. The molecule has 2 atom stereocenters. The molecular weight excluding hydrogens is 582 g/mol. The highest BCUT2D eigenvalue weighted by molar-refractivity contribution is 6.04. The van der Waals surface area contributed by atoms with Crippen molar-refractivity contribution in [2.45, 2.75) is 31.7 Å². The van der Waals surface area contributed by atoms with Crippen LogP contribution in [0.5, 0.6) is 11.5 Å². The van der Waals surface area contributed by atoms with Gasteiger partial charge in [-0.2, -0.15) is 0 Å². The topological polar surface area (TPSA) is 93.1 Å². The number of pyridine rings is 1. The molecule has 8 nitrogen and oxygen atoms in total. The number of carbonyl (C=O) groups is 2. The van der Waals surface area contributed by atoms with Crippen molar-refractivity contribution in [3.8, 4) is 11.5 Å². The number of benzene rings is 5. The summed E-state index contributed by atoms with van der Waals surface area (Å²) >= 11 is 0. The van der Waals surface area contributed by atoms with E-state index in [1.54, 1.807) is 80.6 Å². The summed E-state index contributed by atoms with van der Waals surface area (Å²) in [7, 11) is 3.34. The van der Waals surface area contributed by atoms with Crippen molar-refractivity contribution in [3.63, 3.8) is 0 Å². The van der Waals surface area contributed by atoms with Crippen molar-refractivity contribution in [1.29, 1.82) is 0 Å². The average Bonchev–Trinajstić information content (AvgIpc) is 3.07. The van der Waals surface area contributed by atoms with Crippen molar-refractivity contribution in [2.24, 2.45) is 7.05 Å². The zero-order chi connectivity index (χ0) is 32.2. The molecule has 8 heteroatoms. The van der Waals surface area contributed by atoms with Gasteiger partial charge in [0.2, 0.25) is 5.43 Å². The third-order valence-corrected chi connectivity index (χ3v) is 8.62. The Morgan fingerprint density at radius 2 is 1.35 bits per heavy atom. The second-order valence-corrected chi connectivity index (χ2v) is 11.9. The van der Waals surface area contributed by atoms with Gasteiger partial charge in [-0.1, -0.05) is 60.7 Å². The number of hydrogen-bond donors (Lipinski definition) is 0. The summed E-state index contributed by atoms with van der Waals surface area (Å²) in [6.45, 7) is 3.54. The van der Waals surface area contributed by atoms with Crippen LogP contribution in [0.1, 0.15) is 46.2 Å². The molecule has 1 aliphatic heterocycles. The minimum absolute atomic E-state index is 0.246. The normalized spacial score (nSPS) is 16.9. The third kappa shape index (κ3) is 4.74. The largest absolute Gasteiger partial charge is 0.496 e. The number of hydrogen-bond acceptors (Lipinski definition) is 7. The first-order valence-corrected chi connectivity index (χ1v) is 14.9. The van der Waals surface area contributed by atoms with E-state index in [-0.39, 0.29) is 5.43 Å². The molecule has 0 N–H and O–H groups in total. The number of methoxy groups -OCH3 is 1. The number of aryl methyl sites for hydroxylation is 1. The fourth-order valence-corrected chi connectivity index (χ4v) is 6.37. The van der Waals surface area contributed by atoms with Crippen LogP contribution in [0, 0.1) is 0 Å². The number of fused-ring (bicyclic) bond motifs is 5. The summed E-state index contributed by atoms with van der Waals surface area (Å²) in [5.74, 6) is -0.554. The van der Waals surface area contributed by atoms with Crippen LogP contribution in [0.25, 0.3) is 32.6 Å². The molecule has 1 aliphatic rings. The van der Waals surface area contributed by atoms with Crippen LogP contribution in [-0.2, 0) is 16.5 Å². The Morgan fingerprint density at radius 1 is 0.783 bits per heavy atom. The van der Waals surface area contributed by atoms with E-state index in [9.17, 15) is 14.4 Å². The molecule has 0 saturated heterocycles. The van der Waals surface area contributed by atoms with E-state index < -0.39 is 29.7 Å². The van der Waals surface area contributed by atoms with E-state index in [1.807, 2.05) is 48.0 Å². The molecule has 2 heterocycles. The molecule has 7 rings (SSSR count). The second-order valence-electron chi connectivity index (χ2n) is 11.9. The van der Waals surface area contributed by atoms with Crippen LogP contribution in [0.3, 0.4) is 0 Å².